The van der Waals surface area contributed by atoms with Crippen molar-refractivity contribution in [2.24, 2.45) is 0 Å². The predicted molar refractivity (Wildman–Crippen MR) is 81.7 cm³/mol. The maximum Gasteiger partial charge on any atom is 0.234 e. The third-order valence-electron chi connectivity index (χ3n) is 2.65. The summed E-state index contributed by atoms with van der Waals surface area (Å²) in [6.45, 7) is 3.84. The molecule has 6 heteroatoms. The number of nitrogens with one attached hydrogen (secondary N) is 1. The van der Waals surface area contributed by atoms with Gasteiger partial charge in [-0.1, -0.05) is 17.8 Å². The third kappa shape index (κ3) is 3.96. The molecule has 2 aromatic rings. The van der Waals surface area contributed by atoms with Crippen LogP contribution in [0.1, 0.15) is 11.1 Å². The number of nitrogen functional groups attached to an aromatic ring is 1. The second kappa shape index (κ2) is 6.38. The van der Waals surface area contributed by atoms with Crippen molar-refractivity contribution in [2.45, 2.75) is 19.0 Å². The molecule has 1 heterocycles. The molecule has 0 fully saturated rings. The van der Waals surface area contributed by atoms with Crippen molar-refractivity contribution in [1.29, 1.82) is 0 Å². The number of amides is 1. The molecule has 0 unspecified atom stereocenters. The highest BCUT2D eigenvalue weighted by Gasteiger charge is 2.06. The molecule has 2 rings (SSSR count). The Labute approximate surface area is 122 Å². The second-order valence-corrected chi connectivity index (χ2v) is 5.39. The Kier molecular flexibility index (Phi) is 4.57. The monoisotopic (exact) mass is 288 g/mol. The summed E-state index contributed by atoms with van der Waals surface area (Å²) in [5.41, 5.74) is 9.15. The van der Waals surface area contributed by atoms with Crippen molar-refractivity contribution in [3.63, 3.8) is 0 Å². The number of carbonyl (C=O) groups excluding carboxylic acids is 1. The van der Waals surface area contributed by atoms with Crippen LogP contribution in [-0.2, 0) is 4.79 Å². The summed E-state index contributed by atoms with van der Waals surface area (Å²) < 4.78 is 0. The lowest BCUT2D eigenvalue weighted by Crippen LogP contribution is -2.14. The molecule has 0 aliphatic carbocycles. The van der Waals surface area contributed by atoms with Crippen LogP contribution in [0.25, 0.3) is 0 Å². The van der Waals surface area contributed by atoms with Gasteiger partial charge >= 0.3 is 0 Å². The van der Waals surface area contributed by atoms with E-state index in [0.717, 1.165) is 11.1 Å². The van der Waals surface area contributed by atoms with E-state index in [2.05, 4.69) is 15.3 Å². The topological polar surface area (TPSA) is 80.9 Å². The van der Waals surface area contributed by atoms with Gasteiger partial charge in [0, 0.05) is 23.8 Å². The van der Waals surface area contributed by atoms with Crippen LogP contribution in [-0.4, -0.2) is 21.6 Å². The van der Waals surface area contributed by atoms with Gasteiger partial charge in [0.1, 0.15) is 0 Å². The Balaban J connectivity index is 1.89. The first kappa shape index (κ1) is 14.3. The molecular formula is C14H16N4OS. The lowest BCUT2D eigenvalue weighted by Gasteiger charge is -2.07. The highest BCUT2D eigenvalue weighted by atomic mass is 32.2. The molecule has 0 bridgehead atoms. The molecule has 0 radical (unpaired) electrons. The van der Waals surface area contributed by atoms with Gasteiger partial charge in [0.15, 0.2) is 5.16 Å². The lowest BCUT2D eigenvalue weighted by molar-refractivity contribution is -0.113. The number of aromatic nitrogens is 2. The van der Waals surface area contributed by atoms with Gasteiger partial charge in [-0.05, 0) is 37.1 Å². The van der Waals surface area contributed by atoms with Crippen molar-refractivity contribution >= 4 is 29.0 Å². The number of hydrogen-bond acceptors (Lipinski definition) is 5. The van der Waals surface area contributed by atoms with Crippen LogP contribution in [0.4, 0.5) is 11.4 Å². The zero-order valence-electron chi connectivity index (χ0n) is 11.4. The number of carbonyl (C=O) groups is 1. The van der Waals surface area contributed by atoms with Crippen LogP contribution < -0.4 is 11.1 Å². The van der Waals surface area contributed by atoms with Crippen molar-refractivity contribution in [1.82, 2.24) is 9.97 Å². The minimum atomic E-state index is -0.109. The predicted octanol–water partition coefficient (Wildman–Crippen LogP) is 2.41. The SMILES string of the molecule is Cc1cnc(SCC(=O)Nc2ccc(C)c(N)c2)nc1. The number of nitrogens with zero attached hydrogens (tertiary/aromatic N) is 2. The van der Waals surface area contributed by atoms with Gasteiger partial charge in [0.2, 0.25) is 5.91 Å². The quantitative estimate of drug-likeness (QED) is 0.513. The number of rotatable bonds is 4. The fourth-order valence-electron chi connectivity index (χ4n) is 1.50. The van der Waals surface area contributed by atoms with E-state index in [0.29, 0.717) is 16.5 Å². The number of anilines is 2. The zero-order chi connectivity index (χ0) is 14.5. The van der Waals surface area contributed by atoms with Gasteiger partial charge in [0.05, 0.1) is 5.75 Å². The molecule has 1 aromatic carbocycles. The van der Waals surface area contributed by atoms with Gasteiger partial charge in [-0.3, -0.25) is 4.79 Å². The van der Waals surface area contributed by atoms with Crippen molar-refractivity contribution in [3.8, 4) is 0 Å². The summed E-state index contributed by atoms with van der Waals surface area (Å²) in [6, 6.07) is 5.46. The van der Waals surface area contributed by atoms with Crippen LogP contribution >= 0.6 is 11.8 Å². The first-order chi connectivity index (χ1) is 9.54. The van der Waals surface area contributed by atoms with Gasteiger partial charge in [0.25, 0.3) is 0 Å². The lowest BCUT2D eigenvalue weighted by atomic mass is 10.2. The molecule has 1 aromatic heterocycles. The third-order valence-corrected chi connectivity index (χ3v) is 3.53. The van der Waals surface area contributed by atoms with Gasteiger partial charge in [-0.15, -0.1) is 0 Å². The summed E-state index contributed by atoms with van der Waals surface area (Å²) in [5.74, 6) is 0.152. The van der Waals surface area contributed by atoms with Gasteiger partial charge in [-0.2, -0.15) is 0 Å². The molecule has 0 spiro atoms. The molecule has 20 heavy (non-hydrogen) atoms. The Bertz CT molecular complexity index is 613. The number of benzene rings is 1. The van der Waals surface area contributed by atoms with E-state index in [1.54, 1.807) is 18.5 Å². The molecule has 0 aliphatic heterocycles. The van der Waals surface area contributed by atoms with Crippen LogP contribution in [0.15, 0.2) is 35.7 Å². The number of nitrogens with two attached hydrogens (primary N) is 1. The highest BCUT2D eigenvalue weighted by Crippen LogP contribution is 2.18. The van der Waals surface area contributed by atoms with Crippen molar-refractivity contribution in [3.05, 3.63) is 41.7 Å². The Morgan fingerprint density at radius 1 is 1.30 bits per heavy atom. The fraction of sp³-hybridized carbons (Fsp3) is 0.214. The first-order valence-electron chi connectivity index (χ1n) is 6.12. The molecule has 5 nitrogen and oxygen atoms in total. The normalized spacial score (nSPS) is 10.3. The molecule has 3 N–H and O–H groups in total. The minimum absolute atomic E-state index is 0.109. The first-order valence-corrected chi connectivity index (χ1v) is 7.10. The van der Waals surface area contributed by atoms with Gasteiger partial charge < -0.3 is 11.1 Å². The van der Waals surface area contributed by atoms with E-state index in [-0.39, 0.29) is 11.7 Å². The van der Waals surface area contributed by atoms with E-state index in [1.807, 2.05) is 26.0 Å². The highest BCUT2D eigenvalue weighted by molar-refractivity contribution is 7.99. The van der Waals surface area contributed by atoms with Crippen LogP contribution in [0.2, 0.25) is 0 Å². The smallest absolute Gasteiger partial charge is 0.234 e. The molecule has 0 saturated heterocycles. The van der Waals surface area contributed by atoms with E-state index in [9.17, 15) is 4.79 Å². The summed E-state index contributed by atoms with van der Waals surface area (Å²) in [6.07, 6.45) is 3.46. The maximum atomic E-state index is 11.8. The van der Waals surface area contributed by atoms with E-state index < -0.39 is 0 Å². The van der Waals surface area contributed by atoms with E-state index in [4.69, 9.17) is 5.73 Å². The molecule has 104 valence electrons. The van der Waals surface area contributed by atoms with Crippen LogP contribution in [0.5, 0.6) is 0 Å². The van der Waals surface area contributed by atoms with Gasteiger partial charge in [-0.25, -0.2) is 9.97 Å². The van der Waals surface area contributed by atoms with E-state index in [1.165, 1.54) is 11.8 Å². The average molecular weight is 288 g/mol. The Hall–Kier alpha value is -2.08. The fourth-order valence-corrected chi connectivity index (χ4v) is 2.09. The molecule has 0 aliphatic rings. The number of hydrogen-bond donors (Lipinski definition) is 2. The Morgan fingerprint density at radius 3 is 2.65 bits per heavy atom. The van der Waals surface area contributed by atoms with E-state index >= 15 is 0 Å². The Morgan fingerprint density at radius 2 is 2.00 bits per heavy atom. The van der Waals surface area contributed by atoms with Crippen LogP contribution in [0.3, 0.4) is 0 Å². The molecule has 0 atom stereocenters. The van der Waals surface area contributed by atoms with Crippen molar-refractivity contribution in [2.75, 3.05) is 16.8 Å². The summed E-state index contributed by atoms with van der Waals surface area (Å²) in [5, 5.41) is 3.39. The number of aryl methyl sites for hydroxylation is 2. The summed E-state index contributed by atoms with van der Waals surface area (Å²) in [4.78, 5) is 20.1. The average Bonchev–Trinajstić information content (AvgIpc) is 2.42. The molecular weight excluding hydrogens is 272 g/mol. The second-order valence-electron chi connectivity index (χ2n) is 4.45. The molecule has 0 saturated carbocycles. The standard InChI is InChI=1S/C14H16N4OS/c1-9-6-16-14(17-7-9)20-8-13(19)18-11-4-3-10(2)12(15)5-11/h3-7H,8,15H2,1-2H3,(H,18,19). The van der Waals surface area contributed by atoms with Crippen LogP contribution in [0, 0.1) is 13.8 Å². The zero-order valence-corrected chi connectivity index (χ0v) is 12.2. The maximum absolute atomic E-state index is 11.8. The minimum Gasteiger partial charge on any atom is -0.398 e. The summed E-state index contributed by atoms with van der Waals surface area (Å²) >= 11 is 1.30. The summed E-state index contributed by atoms with van der Waals surface area (Å²) in [7, 11) is 0. The van der Waals surface area contributed by atoms with Crippen molar-refractivity contribution < 1.29 is 4.79 Å². The number of thioether (sulfide) groups is 1. The largest absolute Gasteiger partial charge is 0.398 e. The molecule has 1 amide bonds.